The molecule has 1 unspecified atom stereocenters. The number of carbonyl (C=O) groups is 2. The molecule has 0 heterocycles. The van der Waals surface area contributed by atoms with Crippen molar-refractivity contribution in [3.8, 4) is 0 Å². The Labute approximate surface area is 145 Å². The first-order valence-electron chi connectivity index (χ1n) is 6.57. The first kappa shape index (κ1) is 22.9. The van der Waals surface area contributed by atoms with Gasteiger partial charge < -0.3 is 39.6 Å². The van der Waals surface area contributed by atoms with E-state index in [0.717, 1.165) is 0 Å². The van der Waals surface area contributed by atoms with Crippen molar-refractivity contribution < 1.29 is 67.4 Å². The highest BCUT2D eigenvalue weighted by atomic mass is 31.2. The highest BCUT2D eigenvalue weighted by Gasteiger charge is 2.48. The highest BCUT2D eigenvalue weighted by molar-refractivity contribution is 7.46. The van der Waals surface area contributed by atoms with Gasteiger partial charge in [-0.25, -0.2) is 23.2 Å². The van der Waals surface area contributed by atoms with Crippen LogP contribution in [0.3, 0.4) is 0 Å². The van der Waals surface area contributed by atoms with Crippen LogP contribution >= 0.6 is 15.6 Å². The summed E-state index contributed by atoms with van der Waals surface area (Å²) in [6.45, 7) is 0.582. The highest BCUT2D eigenvalue weighted by Crippen LogP contribution is 2.44. The zero-order valence-electron chi connectivity index (χ0n) is 12.9. The summed E-state index contributed by atoms with van der Waals surface area (Å²) < 4.78 is 35.0. The van der Waals surface area contributed by atoms with Crippen LogP contribution in [0.1, 0.15) is 13.3 Å². The minimum absolute atomic E-state index is 0.553. The second kappa shape index (κ2) is 7.82. The number of hydrogen-bond donors (Lipinski definition) is 7. The van der Waals surface area contributed by atoms with Gasteiger partial charge in [0.1, 0.15) is 12.2 Å². The summed E-state index contributed by atoms with van der Waals surface area (Å²) in [7, 11) is -10.6. The summed E-state index contributed by atoms with van der Waals surface area (Å²) in [6.07, 6.45) is -5.70. The summed E-state index contributed by atoms with van der Waals surface area (Å²) in [6, 6.07) is 0. The van der Waals surface area contributed by atoms with E-state index in [4.69, 9.17) is 34.5 Å². The molecule has 1 aliphatic carbocycles. The molecule has 14 nitrogen and oxygen atoms in total. The standard InChI is InChI=1S/C10H16O14P2/c1-10(9(14)15,24-26(19,20)21)22-5-2-4(8(12)13)3-6(7(5)11)23-25(16,17)18/h3,5-7,11H,2H2,1H3,(H,12,13)(H,14,15)(H2,16,17,18)(H2,19,20,21)/t5-,6-,7+,10?/m1/s1. The third kappa shape index (κ3) is 6.52. The van der Waals surface area contributed by atoms with E-state index in [1.165, 1.54) is 0 Å². The zero-order chi connectivity index (χ0) is 20.5. The molecule has 0 amide bonds. The molecule has 0 radical (unpaired) electrons. The zero-order valence-corrected chi connectivity index (χ0v) is 14.7. The lowest BCUT2D eigenvalue weighted by molar-refractivity contribution is -0.241. The van der Waals surface area contributed by atoms with E-state index in [2.05, 4.69) is 9.05 Å². The summed E-state index contributed by atoms with van der Waals surface area (Å²) >= 11 is 0. The van der Waals surface area contributed by atoms with Crippen LogP contribution in [0.25, 0.3) is 0 Å². The lowest BCUT2D eigenvalue weighted by Crippen LogP contribution is -2.51. The number of ether oxygens (including phenoxy) is 1. The number of phosphoric ester groups is 2. The van der Waals surface area contributed by atoms with Gasteiger partial charge in [0.2, 0.25) is 0 Å². The van der Waals surface area contributed by atoms with Crippen LogP contribution in [0.5, 0.6) is 0 Å². The fourth-order valence-electron chi connectivity index (χ4n) is 2.06. The van der Waals surface area contributed by atoms with Gasteiger partial charge in [0, 0.05) is 18.9 Å². The Kier molecular flexibility index (Phi) is 6.88. The number of hydrogen-bond acceptors (Lipinski definition) is 8. The molecule has 7 N–H and O–H groups in total. The fraction of sp³-hybridized carbons (Fsp3) is 0.600. The van der Waals surface area contributed by atoms with Crippen LogP contribution in [-0.4, -0.2) is 70.9 Å². The van der Waals surface area contributed by atoms with Crippen LogP contribution in [0.15, 0.2) is 11.6 Å². The van der Waals surface area contributed by atoms with Crippen LogP contribution in [-0.2, 0) is 32.5 Å². The predicted octanol–water partition coefficient (Wildman–Crippen LogP) is -1.46. The summed E-state index contributed by atoms with van der Waals surface area (Å²) in [5.41, 5.74) is -0.553. The molecule has 0 bridgehead atoms. The van der Waals surface area contributed by atoms with Gasteiger partial charge in [-0.15, -0.1) is 0 Å². The van der Waals surface area contributed by atoms with E-state index in [1.807, 2.05) is 0 Å². The maximum Gasteiger partial charge on any atom is 0.472 e. The Hall–Kier alpha value is -1.18. The van der Waals surface area contributed by atoms with E-state index in [1.54, 1.807) is 0 Å². The van der Waals surface area contributed by atoms with Gasteiger partial charge >= 0.3 is 27.6 Å². The van der Waals surface area contributed by atoms with Crippen LogP contribution in [0, 0.1) is 0 Å². The third-order valence-electron chi connectivity index (χ3n) is 3.10. The van der Waals surface area contributed by atoms with Crippen molar-refractivity contribution in [2.75, 3.05) is 0 Å². The molecule has 26 heavy (non-hydrogen) atoms. The molecule has 150 valence electrons. The summed E-state index contributed by atoms with van der Waals surface area (Å²) in [5.74, 6) is -6.62. The third-order valence-corrected chi connectivity index (χ3v) is 4.20. The lowest BCUT2D eigenvalue weighted by Gasteiger charge is -2.37. The Morgan fingerprint density at radius 1 is 1.15 bits per heavy atom. The normalized spacial score (nSPS) is 26.7. The fourth-order valence-corrected chi connectivity index (χ4v) is 3.14. The van der Waals surface area contributed by atoms with Crippen molar-refractivity contribution >= 4 is 27.6 Å². The minimum atomic E-state index is -5.39. The molecule has 1 rings (SSSR count). The average molecular weight is 422 g/mol. The number of aliphatic hydroxyl groups excluding tert-OH is 1. The van der Waals surface area contributed by atoms with Crippen LogP contribution in [0.2, 0.25) is 0 Å². The number of carboxylic acids is 2. The van der Waals surface area contributed by atoms with E-state index in [-0.39, 0.29) is 0 Å². The lowest BCUT2D eigenvalue weighted by atomic mass is 9.92. The van der Waals surface area contributed by atoms with Crippen molar-refractivity contribution in [3.05, 3.63) is 11.6 Å². The molecular formula is C10H16O14P2. The Morgan fingerprint density at radius 3 is 2.08 bits per heavy atom. The van der Waals surface area contributed by atoms with Gasteiger partial charge in [-0.05, 0) is 6.08 Å². The predicted molar refractivity (Wildman–Crippen MR) is 77.3 cm³/mol. The Bertz CT molecular complexity index is 690. The quantitative estimate of drug-likeness (QED) is 0.175. The number of aliphatic hydroxyl groups is 1. The van der Waals surface area contributed by atoms with Crippen molar-refractivity contribution in [1.29, 1.82) is 0 Å². The van der Waals surface area contributed by atoms with Gasteiger partial charge in [-0.1, -0.05) is 0 Å². The Balaban J connectivity index is 3.19. The van der Waals surface area contributed by atoms with Gasteiger partial charge in [0.25, 0.3) is 5.79 Å². The topological polar surface area (TPSA) is 238 Å². The molecule has 16 heteroatoms. The first-order chi connectivity index (χ1) is 11.5. The van der Waals surface area contributed by atoms with Gasteiger partial charge in [-0.2, -0.15) is 0 Å². The molecule has 0 saturated carbocycles. The van der Waals surface area contributed by atoms with Crippen LogP contribution < -0.4 is 0 Å². The van der Waals surface area contributed by atoms with Crippen LogP contribution in [0.4, 0.5) is 0 Å². The second-order valence-electron chi connectivity index (χ2n) is 5.24. The maximum atomic E-state index is 11.2. The monoisotopic (exact) mass is 422 g/mol. The summed E-state index contributed by atoms with van der Waals surface area (Å²) in [4.78, 5) is 57.6. The van der Waals surface area contributed by atoms with E-state index in [0.29, 0.717) is 13.0 Å². The Morgan fingerprint density at radius 2 is 1.69 bits per heavy atom. The molecule has 0 aromatic carbocycles. The minimum Gasteiger partial charge on any atom is -0.478 e. The molecule has 1 aliphatic rings. The van der Waals surface area contributed by atoms with Crippen molar-refractivity contribution in [2.24, 2.45) is 0 Å². The van der Waals surface area contributed by atoms with Crippen molar-refractivity contribution in [2.45, 2.75) is 37.4 Å². The second-order valence-corrected chi connectivity index (χ2v) is 7.60. The van der Waals surface area contributed by atoms with Crippen molar-refractivity contribution in [1.82, 2.24) is 0 Å². The van der Waals surface area contributed by atoms with E-state index < -0.39 is 63.7 Å². The summed E-state index contributed by atoms with van der Waals surface area (Å²) in [5, 5.41) is 28.2. The van der Waals surface area contributed by atoms with E-state index >= 15 is 0 Å². The van der Waals surface area contributed by atoms with E-state index in [9.17, 15) is 23.8 Å². The number of phosphoric acid groups is 2. The van der Waals surface area contributed by atoms with Gasteiger partial charge in [-0.3, -0.25) is 4.52 Å². The molecular weight excluding hydrogens is 406 g/mol. The first-order valence-corrected chi connectivity index (χ1v) is 9.63. The average Bonchev–Trinajstić information content (AvgIpc) is 2.39. The largest absolute Gasteiger partial charge is 0.478 e. The molecule has 0 fully saturated rings. The van der Waals surface area contributed by atoms with Gasteiger partial charge in [0.05, 0.1) is 6.10 Å². The molecule has 0 saturated heterocycles. The molecule has 0 spiro atoms. The molecule has 0 aromatic rings. The van der Waals surface area contributed by atoms with Crippen molar-refractivity contribution in [3.63, 3.8) is 0 Å². The van der Waals surface area contributed by atoms with Gasteiger partial charge in [0.15, 0.2) is 0 Å². The number of carboxylic acid groups (broad SMARTS) is 2. The smallest absolute Gasteiger partial charge is 0.472 e. The molecule has 0 aliphatic heterocycles. The maximum absolute atomic E-state index is 11.2. The number of aliphatic carboxylic acids is 2. The number of rotatable bonds is 8. The molecule has 0 aromatic heterocycles. The SMILES string of the molecule is CC(O[C@@H]1CC(C(=O)O)=C[C@@H](OP(=O)(O)O)[C@H]1O)(OP(=O)(O)O)C(=O)O. The molecule has 4 atom stereocenters.